The molecule has 1 unspecified atom stereocenters. The lowest BCUT2D eigenvalue weighted by molar-refractivity contribution is 0.186. The Bertz CT molecular complexity index is 542. The lowest BCUT2D eigenvalue weighted by atomic mass is 10.1. The highest BCUT2D eigenvalue weighted by Crippen LogP contribution is 2.23. The molecule has 0 aliphatic carbocycles. The molecule has 19 heavy (non-hydrogen) atoms. The molecule has 2 rings (SSSR count). The predicted molar refractivity (Wildman–Crippen MR) is 76.1 cm³/mol. The van der Waals surface area contributed by atoms with E-state index in [1.54, 1.807) is 18.2 Å². The SMILES string of the molecule is NCc1ccc(S(=O)(=O)NCC2CCOC2)c(Br)c1. The molecule has 106 valence electrons. The molecule has 1 heterocycles. The van der Waals surface area contributed by atoms with E-state index in [-0.39, 0.29) is 10.8 Å². The molecule has 1 aromatic rings. The summed E-state index contributed by atoms with van der Waals surface area (Å²) in [6.45, 7) is 2.12. The van der Waals surface area contributed by atoms with Crippen LogP contribution in [0, 0.1) is 5.92 Å². The molecule has 1 aliphatic heterocycles. The van der Waals surface area contributed by atoms with Crippen molar-refractivity contribution in [2.45, 2.75) is 17.9 Å². The van der Waals surface area contributed by atoms with E-state index in [1.807, 2.05) is 0 Å². The fourth-order valence-electron chi connectivity index (χ4n) is 1.94. The highest BCUT2D eigenvalue weighted by molar-refractivity contribution is 9.10. The first kappa shape index (κ1) is 14.9. The van der Waals surface area contributed by atoms with Crippen molar-refractivity contribution in [1.29, 1.82) is 0 Å². The summed E-state index contributed by atoms with van der Waals surface area (Å²) in [5.41, 5.74) is 6.40. The van der Waals surface area contributed by atoms with Crippen molar-refractivity contribution in [3.8, 4) is 0 Å². The number of hydrogen-bond donors (Lipinski definition) is 2. The second-order valence-electron chi connectivity index (χ2n) is 4.55. The summed E-state index contributed by atoms with van der Waals surface area (Å²) in [6.07, 6.45) is 0.899. The predicted octanol–water partition coefficient (Wildman–Crippen LogP) is 1.22. The fourth-order valence-corrected chi connectivity index (χ4v) is 4.18. The molecule has 1 aliphatic rings. The number of nitrogens with two attached hydrogens (primary N) is 1. The number of benzene rings is 1. The number of hydrogen-bond acceptors (Lipinski definition) is 4. The molecule has 7 heteroatoms. The minimum Gasteiger partial charge on any atom is -0.381 e. The maximum Gasteiger partial charge on any atom is 0.241 e. The monoisotopic (exact) mass is 348 g/mol. The van der Waals surface area contributed by atoms with Gasteiger partial charge < -0.3 is 10.5 Å². The van der Waals surface area contributed by atoms with Crippen LogP contribution in [0.25, 0.3) is 0 Å². The van der Waals surface area contributed by atoms with Crippen molar-refractivity contribution in [3.05, 3.63) is 28.2 Å². The van der Waals surface area contributed by atoms with Gasteiger partial charge in [0, 0.05) is 24.2 Å². The molecule has 5 nitrogen and oxygen atoms in total. The maximum absolute atomic E-state index is 12.2. The van der Waals surface area contributed by atoms with Crippen LogP contribution in [0.5, 0.6) is 0 Å². The summed E-state index contributed by atoms with van der Waals surface area (Å²) in [6, 6.07) is 5.02. The van der Waals surface area contributed by atoms with E-state index < -0.39 is 10.0 Å². The summed E-state index contributed by atoms with van der Waals surface area (Å²) < 4.78 is 32.8. The van der Waals surface area contributed by atoms with E-state index in [2.05, 4.69) is 20.7 Å². The zero-order chi connectivity index (χ0) is 13.9. The Labute approximate surface area is 121 Å². The lowest BCUT2D eigenvalue weighted by Crippen LogP contribution is -2.29. The van der Waals surface area contributed by atoms with Crippen LogP contribution in [0.2, 0.25) is 0 Å². The van der Waals surface area contributed by atoms with Crippen molar-refractivity contribution in [2.75, 3.05) is 19.8 Å². The van der Waals surface area contributed by atoms with Crippen molar-refractivity contribution < 1.29 is 13.2 Å². The Hall–Kier alpha value is -0.470. The van der Waals surface area contributed by atoms with Gasteiger partial charge in [0.25, 0.3) is 0 Å². The van der Waals surface area contributed by atoms with Gasteiger partial charge in [-0.1, -0.05) is 6.07 Å². The molecule has 0 aromatic heterocycles. The van der Waals surface area contributed by atoms with Crippen LogP contribution in [0.4, 0.5) is 0 Å². The largest absolute Gasteiger partial charge is 0.381 e. The molecular formula is C12H17BrN2O3S. The van der Waals surface area contributed by atoms with Gasteiger partial charge in [0.15, 0.2) is 0 Å². The number of ether oxygens (including phenoxy) is 1. The van der Waals surface area contributed by atoms with Crippen molar-refractivity contribution >= 4 is 26.0 Å². The van der Waals surface area contributed by atoms with Gasteiger partial charge in [0.2, 0.25) is 10.0 Å². The van der Waals surface area contributed by atoms with Crippen molar-refractivity contribution in [2.24, 2.45) is 11.7 Å². The highest BCUT2D eigenvalue weighted by atomic mass is 79.9. The first-order valence-corrected chi connectivity index (χ1v) is 8.36. The maximum atomic E-state index is 12.2. The van der Waals surface area contributed by atoms with Crippen LogP contribution in [0.3, 0.4) is 0 Å². The van der Waals surface area contributed by atoms with Crippen LogP contribution >= 0.6 is 15.9 Å². The molecule has 1 atom stereocenters. The second kappa shape index (κ2) is 6.32. The average Bonchev–Trinajstić information content (AvgIpc) is 2.89. The van der Waals surface area contributed by atoms with Crippen molar-refractivity contribution in [3.63, 3.8) is 0 Å². The van der Waals surface area contributed by atoms with Gasteiger partial charge in [-0.3, -0.25) is 0 Å². The van der Waals surface area contributed by atoms with Gasteiger partial charge >= 0.3 is 0 Å². The molecule has 0 spiro atoms. The molecule has 1 saturated heterocycles. The lowest BCUT2D eigenvalue weighted by Gasteiger charge is -2.12. The molecule has 0 amide bonds. The van der Waals surface area contributed by atoms with Crippen LogP contribution in [0.1, 0.15) is 12.0 Å². The first-order valence-electron chi connectivity index (χ1n) is 6.09. The van der Waals surface area contributed by atoms with Crippen LogP contribution < -0.4 is 10.5 Å². The number of nitrogens with one attached hydrogen (secondary N) is 1. The van der Waals surface area contributed by atoms with Crippen LogP contribution in [-0.4, -0.2) is 28.2 Å². The molecule has 0 bridgehead atoms. The minimum absolute atomic E-state index is 0.239. The quantitative estimate of drug-likeness (QED) is 0.838. The average molecular weight is 349 g/mol. The van der Waals surface area contributed by atoms with E-state index >= 15 is 0 Å². The second-order valence-corrected chi connectivity index (χ2v) is 7.14. The zero-order valence-electron chi connectivity index (χ0n) is 10.4. The highest BCUT2D eigenvalue weighted by Gasteiger charge is 2.21. The molecular weight excluding hydrogens is 332 g/mol. The molecule has 1 aromatic carbocycles. The van der Waals surface area contributed by atoms with Gasteiger partial charge in [0.1, 0.15) is 0 Å². The number of halogens is 1. The summed E-state index contributed by atoms with van der Waals surface area (Å²) in [5, 5.41) is 0. The summed E-state index contributed by atoms with van der Waals surface area (Å²) in [5.74, 6) is 0.261. The van der Waals surface area contributed by atoms with E-state index in [1.165, 1.54) is 0 Å². The minimum atomic E-state index is -3.50. The Morgan fingerprint density at radius 2 is 2.26 bits per heavy atom. The third-order valence-corrected chi connectivity index (χ3v) is 5.51. The smallest absolute Gasteiger partial charge is 0.241 e. The van der Waals surface area contributed by atoms with Gasteiger partial charge in [-0.05, 0) is 46.0 Å². The molecule has 0 saturated carbocycles. The molecule has 1 fully saturated rings. The zero-order valence-corrected chi connectivity index (χ0v) is 12.8. The summed E-state index contributed by atoms with van der Waals surface area (Å²) in [4.78, 5) is 0.239. The Balaban J connectivity index is 2.10. The standard InChI is InChI=1S/C12H17BrN2O3S/c13-11-5-9(6-14)1-2-12(11)19(16,17)15-7-10-3-4-18-8-10/h1-2,5,10,15H,3-4,6-8,14H2. The van der Waals surface area contributed by atoms with Crippen LogP contribution in [-0.2, 0) is 21.3 Å². The normalized spacial score (nSPS) is 19.8. The van der Waals surface area contributed by atoms with E-state index in [9.17, 15) is 8.42 Å². The van der Waals surface area contributed by atoms with Crippen LogP contribution in [0.15, 0.2) is 27.6 Å². The molecule has 0 radical (unpaired) electrons. The third-order valence-electron chi connectivity index (χ3n) is 3.11. The molecule has 3 N–H and O–H groups in total. The Morgan fingerprint density at radius 3 is 2.84 bits per heavy atom. The topological polar surface area (TPSA) is 81.4 Å². The van der Waals surface area contributed by atoms with Gasteiger partial charge in [0.05, 0.1) is 11.5 Å². The summed E-state index contributed by atoms with van der Waals surface area (Å²) in [7, 11) is -3.50. The Kier molecular flexibility index (Phi) is 4.97. The van der Waals surface area contributed by atoms with E-state index in [0.29, 0.717) is 30.8 Å². The van der Waals surface area contributed by atoms with E-state index in [4.69, 9.17) is 10.5 Å². The van der Waals surface area contributed by atoms with Gasteiger partial charge in [-0.2, -0.15) is 0 Å². The third kappa shape index (κ3) is 3.76. The number of sulfonamides is 1. The number of rotatable bonds is 5. The van der Waals surface area contributed by atoms with Gasteiger partial charge in [-0.15, -0.1) is 0 Å². The summed E-state index contributed by atoms with van der Waals surface area (Å²) >= 11 is 3.28. The fraction of sp³-hybridized carbons (Fsp3) is 0.500. The van der Waals surface area contributed by atoms with E-state index in [0.717, 1.165) is 12.0 Å². The van der Waals surface area contributed by atoms with Gasteiger partial charge in [-0.25, -0.2) is 13.1 Å². The first-order chi connectivity index (χ1) is 9.03. The Morgan fingerprint density at radius 1 is 1.47 bits per heavy atom. The van der Waals surface area contributed by atoms with Crippen molar-refractivity contribution in [1.82, 2.24) is 4.72 Å².